The lowest BCUT2D eigenvalue weighted by atomic mass is 10.0. The van der Waals surface area contributed by atoms with Crippen molar-refractivity contribution in [2.75, 3.05) is 0 Å². The lowest BCUT2D eigenvalue weighted by molar-refractivity contribution is 0.381. The van der Waals surface area contributed by atoms with E-state index in [1.54, 1.807) is 0 Å². The van der Waals surface area contributed by atoms with E-state index >= 15 is 35.1 Å². The quantitative estimate of drug-likeness (QED) is 0.0922. The first-order valence-corrected chi connectivity index (χ1v) is 19.3. The maximum Gasteiger partial charge on any atom is 0.200 e. The van der Waals surface area contributed by atoms with Crippen LogP contribution in [-0.4, -0.2) is 19.9 Å². The second-order valence-corrected chi connectivity index (χ2v) is 15.9. The third-order valence-electron chi connectivity index (χ3n) is 9.58. The topological polar surface area (TPSA) is 60.3 Å². The first-order chi connectivity index (χ1) is 29.9. The molecular weight excluding hydrogens is 1070 g/mol. The number of rotatable bonds is 3. The molecule has 0 saturated heterocycles. The van der Waals surface area contributed by atoms with Gasteiger partial charge in [-0.2, -0.15) is 0 Å². The number of halogens is 23. The van der Waals surface area contributed by atoms with E-state index in [0.717, 1.165) is 0 Å². The van der Waals surface area contributed by atoms with E-state index in [2.05, 4.69) is 19.9 Å². The Morgan fingerprint density at radius 2 is 0.422 bits per heavy atom. The molecule has 0 unspecified atom stereocenters. The van der Waals surface area contributed by atoms with Gasteiger partial charge in [0.1, 0.15) is 0 Å². The van der Waals surface area contributed by atoms with Crippen molar-refractivity contribution in [1.82, 2.24) is 19.9 Å². The monoisotopic (exact) mass is 1070 g/mol. The van der Waals surface area contributed by atoms with Crippen molar-refractivity contribution in [2.45, 2.75) is 0 Å². The standard InChI is InChI=1S/C37H3Cl8F15N4/c38-7-9(40)32-5(2-17(48)23(54)28(59)24(55)18(2)49)34-11(42)13(44)36(63-34)37-14(45)12(43)35(64-37)6(3-19(50)25(56)29(60)26(57)20(3)51)33-10(41)8(39)31(62-33)4(30(7)61-32)1-15(46)21(52)27(58)22(53)16(1)47/h61,63-64H. The Balaban J connectivity index is 1.82. The third-order valence-corrected chi connectivity index (χ3v) is 13.0. The molecule has 5 heterocycles. The molecule has 4 aromatic heterocycles. The Labute approximate surface area is 382 Å². The average Bonchev–Trinajstić information content (AvgIpc) is 3.93. The van der Waals surface area contributed by atoms with Crippen LogP contribution in [0.1, 0.15) is 11.4 Å². The van der Waals surface area contributed by atoms with Gasteiger partial charge in [-0.1, -0.05) is 92.8 Å². The van der Waals surface area contributed by atoms with Crippen LogP contribution in [0.3, 0.4) is 0 Å². The summed E-state index contributed by atoms with van der Waals surface area (Å²) in [7, 11) is 0. The highest BCUT2D eigenvalue weighted by Gasteiger charge is 2.38. The highest BCUT2D eigenvalue weighted by molar-refractivity contribution is 6.66. The number of hydrogen-bond donors (Lipinski definition) is 3. The predicted molar refractivity (Wildman–Crippen MR) is 211 cm³/mol. The minimum atomic E-state index is -2.76. The number of benzene rings is 3. The molecule has 0 fully saturated rings. The molecular formula is C37H3Cl8F15N4. The molecule has 0 amide bonds. The summed E-state index contributed by atoms with van der Waals surface area (Å²) < 4.78 is 229. The summed E-state index contributed by atoms with van der Waals surface area (Å²) in [4.78, 5) is 10.8. The molecule has 4 nitrogen and oxygen atoms in total. The van der Waals surface area contributed by atoms with Gasteiger partial charge < -0.3 is 15.0 Å². The summed E-state index contributed by atoms with van der Waals surface area (Å²) >= 11 is 52.1. The zero-order valence-electron chi connectivity index (χ0n) is 29.1. The first-order valence-electron chi connectivity index (χ1n) is 16.3. The Hall–Kier alpha value is -4.34. The molecule has 8 bridgehead atoms. The zero-order chi connectivity index (χ0) is 47.2. The Kier molecular flexibility index (Phi) is 11.5. The molecule has 3 aromatic carbocycles. The van der Waals surface area contributed by atoms with Crippen LogP contribution in [0.15, 0.2) is 0 Å². The summed E-state index contributed by atoms with van der Waals surface area (Å²) in [5, 5.41) is -8.19. The van der Waals surface area contributed by atoms with E-state index in [4.69, 9.17) is 92.8 Å². The highest BCUT2D eigenvalue weighted by atomic mass is 35.5. The number of H-pyrrole nitrogens is 3. The second kappa shape index (κ2) is 15.9. The molecule has 7 aromatic rings. The molecule has 0 atom stereocenters. The second-order valence-electron chi connectivity index (χ2n) is 12.9. The number of nitrogens with zero attached hydrogens (tertiary/aromatic N) is 1. The SMILES string of the molecule is Fc1c(F)c(F)c(-c2c3nc(c(-c4c(F)c(F)c(F)c(F)c4F)c4[nH]c(c(Cl)c4Cl)c4[nH]c(c(Cl)c4Cl)c(-c4c(F)c(F)c(F)c(F)c4F)c4[nH]c2c(Cl)c4Cl)C(Cl)=C3Cl)c(F)c1F. The van der Waals surface area contributed by atoms with Crippen LogP contribution < -0.4 is 0 Å². The molecule has 1 aliphatic rings. The summed E-state index contributed by atoms with van der Waals surface area (Å²) in [5.74, 6) is -39.9. The van der Waals surface area contributed by atoms with Crippen LogP contribution in [0.2, 0.25) is 30.1 Å². The number of aromatic amines is 3. The Morgan fingerprint density at radius 3 is 0.688 bits per heavy atom. The number of nitrogens with one attached hydrogen (secondary N) is 3. The van der Waals surface area contributed by atoms with Crippen LogP contribution >= 0.6 is 92.8 Å². The van der Waals surface area contributed by atoms with Gasteiger partial charge in [-0.3, -0.25) is 0 Å². The maximum atomic E-state index is 16.0. The van der Waals surface area contributed by atoms with Gasteiger partial charge in [-0.05, 0) is 0 Å². The van der Waals surface area contributed by atoms with Crippen LogP contribution in [0, 0.1) is 87.3 Å². The van der Waals surface area contributed by atoms with E-state index in [0.29, 0.717) is 0 Å². The minimum absolute atomic E-state index is 0.698. The normalized spacial score (nSPS) is 12.5. The fourth-order valence-electron chi connectivity index (χ4n) is 6.72. The lowest BCUT2D eigenvalue weighted by Gasteiger charge is -2.11. The molecule has 0 spiro atoms. The van der Waals surface area contributed by atoms with Crippen molar-refractivity contribution in [3.8, 4) is 33.4 Å². The van der Waals surface area contributed by atoms with Gasteiger partial charge in [0.15, 0.2) is 69.8 Å². The molecule has 0 aliphatic carbocycles. The van der Waals surface area contributed by atoms with Gasteiger partial charge in [0.05, 0.1) is 101 Å². The molecule has 0 saturated carbocycles. The van der Waals surface area contributed by atoms with Gasteiger partial charge in [-0.15, -0.1) is 0 Å². The minimum Gasteiger partial charge on any atom is -0.352 e. The number of aromatic nitrogens is 4. The van der Waals surface area contributed by atoms with Crippen molar-refractivity contribution in [1.29, 1.82) is 0 Å². The average molecular weight is 1070 g/mol. The molecule has 3 N–H and O–H groups in total. The molecule has 332 valence electrons. The van der Waals surface area contributed by atoms with Crippen molar-refractivity contribution in [2.24, 2.45) is 0 Å². The van der Waals surface area contributed by atoms with E-state index < -0.39 is 205 Å². The van der Waals surface area contributed by atoms with Crippen LogP contribution in [0.25, 0.3) is 76.5 Å². The van der Waals surface area contributed by atoms with Gasteiger partial charge >= 0.3 is 0 Å². The van der Waals surface area contributed by atoms with Crippen molar-refractivity contribution in [3.63, 3.8) is 0 Å². The van der Waals surface area contributed by atoms with E-state index in [1.807, 2.05) is 0 Å². The van der Waals surface area contributed by atoms with E-state index in [1.165, 1.54) is 0 Å². The number of fused-ring (bicyclic) bond motifs is 9. The van der Waals surface area contributed by atoms with Gasteiger partial charge in [0.2, 0.25) is 17.5 Å². The largest absolute Gasteiger partial charge is 0.352 e. The highest BCUT2D eigenvalue weighted by Crippen LogP contribution is 2.53. The third kappa shape index (κ3) is 6.28. The maximum absolute atomic E-state index is 16.0. The lowest BCUT2D eigenvalue weighted by Crippen LogP contribution is -2.06. The molecule has 64 heavy (non-hydrogen) atoms. The van der Waals surface area contributed by atoms with Crippen LogP contribution in [-0.2, 0) is 0 Å². The molecule has 27 heteroatoms. The fourth-order valence-corrected chi connectivity index (χ4v) is 8.59. The zero-order valence-corrected chi connectivity index (χ0v) is 35.2. The molecule has 8 rings (SSSR count). The van der Waals surface area contributed by atoms with Gasteiger partial charge in [0, 0.05) is 16.7 Å². The van der Waals surface area contributed by atoms with Crippen molar-refractivity contribution in [3.05, 3.63) is 129 Å². The van der Waals surface area contributed by atoms with E-state index in [-0.39, 0.29) is 0 Å². The van der Waals surface area contributed by atoms with Gasteiger partial charge in [0.25, 0.3) is 0 Å². The first kappa shape index (κ1) is 46.2. The molecule has 1 aliphatic heterocycles. The van der Waals surface area contributed by atoms with Crippen molar-refractivity contribution < 1.29 is 65.9 Å². The Bertz CT molecular complexity index is 3420. The summed E-state index contributed by atoms with van der Waals surface area (Å²) in [6, 6.07) is 0. The van der Waals surface area contributed by atoms with Gasteiger partial charge in [-0.25, -0.2) is 70.8 Å². The van der Waals surface area contributed by atoms with E-state index in [9.17, 15) is 30.7 Å². The Morgan fingerprint density at radius 1 is 0.234 bits per heavy atom. The summed E-state index contributed by atoms with van der Waals surface area (Å²) in [6.45, 7) is 0. The summed E-state index contributed by atoms with van der Waals surface area (Å²) in [5.41, 5.74) is -18.6. The van der Waals surface area contributed by atoms with Crippen LogP contribution in [0.4, 0.5) is 65.9 Å². The fraction of sp³-hybridized carbons (Fsp3) is 0. The smallest absolute Gasteiger partial charge is 0.200 e. The van der Waals surface area contributed by atoms with Crippen LogP contribution in [0.5, 0.6) is 0 Å². The number of hydrogen-bond acceptors (Lipinski definition) is 1. The van der Waals surface area contributed by atoms with Crippen molar-refractivity contribution >= 4 is 136 Å². The molecule has 0 radical (unpaired) electrons. The predicted octanol–water partition coefficient (Wildman–Crippen LogP) is 16.8. The summed E-state index contributed by atoms with van der Waals surface area (Å²) in [6.07, 6.45) is 0.